The second kappa shape index (κ2) is 8.12. The first kappa shape index (κ1) is 22.7. The van der Waals surface area contributed by atoms with Crippen LogP contribution in [0.2, 0.25) is 0 Å². The summed E-state index contributed by atoms with van der Waals surface area (Å²) >= 11 is 2.77. The van der Waals surface area contributed by atoms with Gasteiger partial charge in [0.1, 0.15) is 0 Å². The summed E-state index contributed by atoms with van der Waals surface area (Å²) < 4.78 is 5.62. The quantitative estimate of drug-likeness (QED) is 0.498. The van der Waals surface area contributed by atoms with E-state index < -0.39 is 17.8 Å². The molecule has 4 aliphatic rings. The molecule has 2 aliphatic heterocycles. The van der Waals surface area contributed by atoms with Crippen molar-refractivity contribution < 1.29 is 29.3 Å². The van der Waals surface area contributed by atoms with Gasteiger partial charge in [-0.1, -0.05) is 17.4 Å². The van der Waals surface area contributed by atoms with Gasteiger partial charge in [0.05, 0.1) is 29.9 Å². The van der Waals surface area contributed by atoms with E-state index in [0.717, 1.165) is 26.8 Å². The summed E-state index contributed by atoms with van der Waals surface area (Å²) in [5.74, 6) is -2.24. The van der Waals surface area contributed by atoms with Gasteiger partial charge in [0.2, 0.25) is 11.8 Å². The van der Waals surface area contributed by atoms with Crippen LogP contribution < -0.4 is 9.61 Å². The van der Waals surface area contributed by atoms with Gasteiger partial charge in [0.25, 0.3) is 0 Å². The zero-order valence-electron chi connectivity index (χ0n) is 18.8. The minimum absolute atomic E-state index is 0.0196. The van der Waals surface area contributed by atoms with E-state index in [1.165, 1.54) is 11.3 Å². The Kier molecular flexibility index (Phi) is 5.26. The lowest BCUT2D eigenvalue weighted by atomic mass is 9.68. The van der Waals surface area contributed by atoms with Crippen LogP contribution >= 0.6 is 23.1 Å². The lowest BCUT2D eigenvalue weighted by Gasteiger charge is -2.43. The van der Waals surface area contributed by atoms with Crippen molar-refractivity contribution in [3.8, 4) is 11.5 Å². The maximum atomic E-state index is 13.3. The molecular formula is C24H24N2O7S2. The molecule has 3 N–H and O–H groups in total. The average Bonchev–Trinajstić information content (AvgIpc) is 3.53. The number of fused-ring (bicyclic) bond motifs is 9. The number of aromatic hydroxyl groups is 1. The fourth-order valence-electron chi connectivity index (χ4n) is 6.87. The van der Waals surface area contributed by atoms with Gasteiger partial charge >= 0.3 is 10.8 Å². The molecule has 11 heteroatoms. The summed E-state index contributed by atoms with van der Waals surface area (Å²) in [5.41, 5.74) is 0.904. The third kappa shape index (κ3) is 3.27. The highest BCUT2D eigenvalue weighted by atomic mass is 32.2. The highest BCUT2D eigenvalue weighted by molar-refractivity contribution is 8.00. The van der Waals surface area contributed by atoms with Gasteiger partial charge in [0, 0.05) is 22.6 Å². The first-order chi connectivity index (χ1) is 16.8. The van der Waals surface area contributed by atoms with Gasteiger partial charge in [-0.25, -0.2) is 0 Å². The van der Waals surface area contributed by atoms with Gasteiger partial charge in [-0.3, -0.25) is 24.1 Å². The number of nitrogens with zero attached hydrogens (tertiary/aromatic N) is 1. The van der Waals surface area contributed by atoms with Crippen molar-refractivity contribution >= 4 is 40.9 Å². The maximum Gasteiger partial charge on any atom is 0.305 e. The molecule has 2 bridgehead atoms. The van der Waals surface area contributed by atoms with Gasteiger partial charge in [-0.15, -0.1) is 11.8 Å². The van der Waals surface area contributed by atoms with Crippen LogP contribution in [0.4, 0.5) is 0 Å². The fourth-order valence-corrected chi connectivity index (χ4v) is 9.76. The van der Waals surface area contributed by atoms with Crippen LogP contribution in [0.15, 0.2) is 28.0 Å². The molecule has 0 radical (unpaired) electrons. The van der Waals surface area contributed by atoms with Crippen molar-refractivity contribution in [2.24, 2.45) is 29.6 Å². The Morgan fingerprint density at radius 2 is 1.94 bits per heavy atom. The number of imide groups is 1. The first-order valence-electron chi connectivity index (χ1n) is 11.7. The molecule has 184 valence electrons. The predicted octanol–water partition coefficient (Wildman–Crippen LogP) is 2.49. The monoisotopic (exact) mass is 516 g/mol. The summed E-state index contributed by atoms with van der Waals surface area (Å²) in [6, 6.07) is 5.25. The molecule has 2 saturated carbocycles. The SMILES string of the molecule is CCOc1cc([C@H]2c3sc(=O)[nH]c3SC3C4CC(C5C(=O)N(CCC(=O)O)C(=O)C45)C32)ccc1O. The van der Waals surface area contributed by atoms with E-state index in [0.29, 0.717) is 12.4 Å². The molecule has 2 aliphatic carbocycles. The van der Waals surface area contributed by atoms with Gasteiger partial charge in [-0.2, -0.15) is 0 Å². The minimum Gasteiger partial charge on any atom is -0.504 e. The van der Waals surface area contributed by atoms with Crippen molar-refractivity contribution in [3.05, 3.63) is 38.3 Å². The molecule has 35 heavy (non-hydrogen) atoms. The normalized spacial score (nSPS) is 32.5. The number of likely N-dealkylation sites (tertiary alicyclic amines) is 1. The van der Waals surface area contributed by atoms with Crippen LogP contribution in [0.1, 0.15) is 36.1 Å². The zero-order valence-corrected chi connectivity index (χ0v) is 20.4. The van der Waals surface area contributed by atoms with Gasteiger partial charge in [0.15, 0.2) is 11.5 Å². The number of carbonyl (C=O) groups is 3. The second-order valence-corrected chi connectivity index (χ2v) is 11.8. The molecule has 3 fully saturated rings. The number of thioether (sulfide) groups is 1. The zero-order chi connectivity index (χ0) is 24.6. The second-order valence-electron chi connectivity index (χ2n) is 9.59. The largest absolute Gasteiger partial charge is 0.504 e. The average molecular weight is 517 g/mol. The number of carboxylic acid groups (broad SMARTS) is 1. The molecule has 6 rings (SSSR count). The molecule has 0 spiro atoms. The first-order valence-corrected chi connectivity index (χ1v) is 13.4. The van der Waals surface area contributed by atoms with Crippen LogP contribution in [0.25, 0.3) is 0 Å². The van der Waals surface area contributed by atoms with Gasteiger partial charge < -0.3 is 19.9 Å². The third-order valence-corrected chi connectivity index (χ3v) is 10.6. The number of H-pyrrole nitrogens is 1. The number of benzene rings is 1. The van der Waals surface area contributed by atoms with Crippen LogP contribution in [0, 0.1) is 29.6 Å². The number of amides is 2. The molecular weight excluding hydrogens is 492 g/mol. The fraction of sp³-hybridized carbons (Fsp3) is 0.500. The van der Waals surface area contributed by atoms with E-state index in [1.54, 1.807) is 17.8 Å². The summed E-state index contributed by atoms with van der Waals surface area (Å²) in [7, 11) is 0. The molecule has 6 unspecified atom stereocenters. The number of aliphatic carboxylic acids is 1. The van der Waals surface area contributed by atoms with E-state index in [9.17, 15) is 24.3 Å². The van der Waals surface area contributed by atoms with Crippen LogP contribution in [0.5, 0.6) is 11.5 Å². The molecule has 2 amide bonds. The van der Waals surface area contributed by atoms with E-state index in [4.69, 9.17) is 9.84 Å². The van der Waals surface area contributed by atoms with Crippen LogP contribution in [-0.4, -0.2) is 56.3 Å². The molecule has 1 saturated heterocycles. The Labute approximate surface area is 208 Å². The van der Waals surface area contributed by atoms with E-state index in [1.807, 2.05) is 19.1 Å². The van der Waals surface area contributed by atoms with Crippen molar-refractivity contribution in [1.82, 2.24) is 9.88 Å². The Balaban J connectivity index is 1.42. The minimum atomic E-state index is -1.04. The number of hydrogen-bond acceptors (Lipinski definition) is 8. The molecule has 9 nitrogen and oxygen atoms in total. The number of rotatable bonds is 6. The van der Waals surface area contributed by atoms with E-state index in [-0.39, 0.29) is 64.3 Å². The summed E-state index contributed by atoms with van der Waals surface area (Å²) in [5, 5.41) is 20.2. The number of ether oxygens (including phenoxy) is 1. The number of carbonyl (C=O) groups excluding carboxylic acids is 2. The number of aromatic nitrogens is 1. The van der Waals surface area contributed by atoms with Crippen LogP contribution in [0.3, 0.4) is 0 Å². The highest BCUT2D eigenvalue weighted by Gasteiger charge is 2.69. The number of carboxylic acids is 1. The molecule has 7 atom stereocenters. The lowest BCUT2D eigenvalue weighted by molar-refractivity contribution is -0.142. The number of phenols is 1. The number of phenolic OH excluding ortho intramolecular Hbond substituents is 1. The Morgan fingerprint density at radius 1 is 1.20 bits per heavy atom. The number of nitrogens with one attached hydrogen (secondary N) is 1. The van der Waals surface area contributed by atoms with E-state index >= 15 is 0 Å². The summed E-state index contributed by atoms with van der Waals surface area (Å²) in [6.45, 7) is 2.13. The van der Waals surface area contributed by atoms with Gasteiger partial charge in [-0.05, 0) is 48.8 Å². The molecule has 1 aromatic heterocycles. The lowest BCUT2D eigenvalue weighted by Crippen LogP contribution is -2.42. The number of aromatic amines is 1. The maximum absolute atomic E-state index is 13.3. The topological polar surface area (TPSA) is 137 Å². The van der Waals surface area contributed by atoms with E-state index in [2.05, 4.69) is 4.98 Å². The highest BCUT2D eigenvalue weighted by Crippen LogP contribution is 2.68. The Hall–Kier alpha value is -2.79. The summed E-state index contributed by atoms with van der Waals surface area (Å²) in [4.78, 5) is 54.9. The predicted molar refractivity (Wildman–Crippen MR) is 127 cm³/mol. The Morgan fingerprint density at radius 3 is 2.66 bits per heavy atom. The van der Waals surface area contributed by atoms with Crippen molar-refractivity contribution in [2.75, 3.05) is 13.2 Å². The Bertz CT molecular complexity index is 1300. The van der Waals surface area contributed by atoms with Crippen LogP contribution in [-0.2, 0) is 14.4 Å². The molecule has 3 heterocycles. The number of thiazole rings is 1. The standard InChI is InChI=1S/C24H24N2O7S2/c1-2-33-13-7-9(3-4-12(13)27)15-16-10-8-11(19(16)34-21-20(15)35-24(32)25-21)18-17(10)22(30)26(23(18)31)6-5-14(28)29/h3-4,7,10-11,15-19,27H,2,5-6,8H2,1H3,(H,25,32)(H,28,29)/t10?,11?,15-,16?,17?,18?,19?/m1/s1. The van der Waals surface area contributed by atoms with Crippen molar-refractivity contribution in [3.63, 3.8) is 0 Å². The molecule has 1 aromatic carbocycles. The van der Waals surface area contributed by atoms with Crippen molar-refractivity contribution in [1.29, 1.82) is 0 Å². The van der Waals surface area contributed by atoms with Crippen molar-refractivity contribution in [2.45, 2.75) is 36.0 Å². The smallest absolute Gasteiger partial charge is 0.305 e. The number of hydrogen-bond donors (Lipinski definition) is 3. The molecule has 2 aromatic rings. The summed E-state index contributed by atoms with van der Waals surface area (Å²) in [6.07, 6.45) is 0.497. The third-order valence-electron chi connectivity index (χ3n) is 8.01.